The highest BCUT2D eigenvalue weighted by atomic mass is 15.1. The van der Waals surface area contributed by atoms with Crippen LogP contribution in [0.25, 0.3) is 188 Å². The molecule has 6 nitrogen and oxygen atoms in total. The van der Waals surface area contributed by atoms with E-state index in [1.165, 1.54) is 21.5 Å². The second-order valence-corrected chi connectivity index (χ2v) is 26.4. The van der Waals surface area contributed by atoms with Crippen LogP contribution >= 0.6 is 0 Å². The van der Waals surface area contributed by atoms with Gasteiger partial charge in [-0.3, -0.25) is 4.98 Å². The van der Waals surface area contributed by atoms with Crippen molar-refractivity contribution in [2.24, 2.45) is 0 Å². The van der Waals surface area contributed by atoms with Gasteiger partial charge < -0.3 is 18.3 Å². The Bertz CT molecular complexity index is 6450. The molecule has 0 unspecified atom stereocenters. The maximum atomic E-state index is 12.9. The van der Waals surface area contributed by atoms with Crippen LogP contribution in [0.15, 0.2) is 364 Å². The van der Waals surface area contributed by atoms with Crippen LogP contribution in [0.2, 0.25) is 0 Å². The van der Waals surface area contributed by atoms with Crippen LogP contribution in [0.1, 0.15) is 5.56 Å². The molecular formula is C96H60N6. The predicted octanol–water partition coefficient (Wildman–Crippen LogP) is 25.0. The van der Waals surface area contributed by atoms with Gasteiger partial charge >= 0.3 is 0 Å². The van der Waals surface area contributed by atoms with Crippen molar-refractivity contribution in [3.05, 3.63) is 370 Å². The Kier molecular flexibility index (Phi) is 13.6. The molecule has 0 aliphatic carbocycles. The molecule has 5 aromatic heterocycles. The Labute approximate surface area is 588 Å². The standard InChI is InChI=1S/C96H60N6/c97-61-82-92(66-40-48-72(49-41-66)99-84-36-17-13-31-74(84)75-32-14-18-37-85(75)99)95(101-88-52-44-68(62-23-5-1-6-24-62)57-78(88)79-58-69(45-53-89(79)101)63-25-7-2-8-26-63)96(102-90-54-46-70(64-27-9-3-10-28-64)59-80(90)81-60-71(47-55-91(81)102)65-29-11-4-12-30-65)93(94(82)83-35-21-22-56-98-83)67-42-50-73(51-43-67)100-86-38-19-15-33-76(86)77-34-16-20-39-87(77)100/h1-60H. The van der Waals surface area contributed by atoms with Gasteiger partial charge in [0.2, 0.25) is 0 Å². The molecule has 0 N–H and O–H groups in total. The molecule has 0 fully saturated rings. The highest BCUT2D eigenvalue weighted by Gasteiger charge is 2.34. The van der Waals surface area contributed by atoms with Gasteiger partial charge in [0.25, 0.3) is 0 Å². The maximum absolute atomic E-state index is 12.9. The average Bonchev–Trinajstić information content (AvgIpc) is 1.43. The van der Waals surface area contributed by atoms with E-state index in [2.05, 4.69) is 370 Å². The first-order valence-electron chi connectivity index (χ1n) is 34.7. The van der Waals surface area contributed by atoms with Crippen LogP contribution in [-0.2, 0) is 0 Å². The molecule has 5 heterocycles. The number of hydrogen-bond donors (Lipinski definition) is 0. The van der Waals surface area contributed by atoms with Crippen molar-refractivity contribution < 1.29 is 0 Å². The van der Waals surface area contributed by atoms with Crippen LogP contribution in [-0.4, -0.2) is 23.3 Å². The zero-order valence-corrected chi connectivity index (χ0v) is 55.3. The summed E-state index contributed by atoms with van der Waals surface area (Å²) in [5.74, 6) is 0. The van der Waals surface area contributed by atoms with Gasteiger partial charge in [-0.25, -0.2) is 0 Å². The summed E-state index contributed by atoms with van der Waals surface area (Å²) >= 11 is 0. The van der Waals surface area contributed by atoms with E-state index in [0.29, 0.717) is 11.3 Å². The second kappa shape index (κ2) is 23.7. The number of para-hydroxylation sites is 4. The molecule has 0 amide bonds. The Hall–Kier alpha value is -13.9. The molecule has 0 saturated carbocycles. The lowest BCUT2D eigenvalue weighted by Crippen LogP contribution is -2.12. The van der Waals surface area contributed by atoms with Crippen LogP contribution in [0, 0.1) is 11.3 Å². The van der Waals surface area contributed by atoms with E-state index in [1.54, 1.807) is 0 Å². The molecule has 102 heavy (non-hydrogen) atoms. The molecule has 20 rings (SSSR count). The fourth-order valence-electron chi connectivity index (χ4n) is 16.3. The minimum absolute atomic E-state index is 0.494. The number of benzene rings is 15. The smallest absolute Gasteiger partial charge is 0.101 e. The Morgan fingerprint density at radius 1 is 0.216 bits per heavy atom. The number of hydrogen-bond acceptors (Lipinski definition) is 2. The van der Waals surface area contributed by atoms with Crippen LogP contribution in [0.4, 0.5) is 0 Å². The summed E-state index contributed by atoms with van der Waals surface area (Å²) in [6.45, 7) is 0. The van der Waals surface area contributed by atoms with Crippen molar-refractivity contribution in [3.63, 3.8) is 0 Å². The molecule has 0 bridgehead atoms. The van der Waals surface area contributed by atoms with E-state index in [1.807, 2.05) is 18.3 Å². The van der Waals surface area contributed by atoms with E-state index in [9.17, 15) is 5.26 Å². The Morgan fingerprint density at radius 2 is 0.500 bits per heavy atom. The minimum atomic E-state index is 0.494. The van der Waals surface area contributed by atoms with Gasteiger partial charge in [-0.05, 0) is 165 Å². The molecule has 474 valence electrons. The Morgan fingerprint density at radius 3 is 0.824 bits per heavy atom. The van der Waals surface area contributed by atoms with Gasteiger partial charge in [0, 0.05) is 77.4 Å². The highest BCUT2D eigenvalue weighted by molar-refractivity contribution is 6.18. The number of nitriles is 1. The van der Waals surface area contributed by atoms with Crippen molar-refractivity contribution in [3.8, 4) is 107 Å². The molecule has 20 aromatic rings. The van der Waals surface area contributed by atoms with E-state index in [-0.39, 0.29) is 0 Å². The van der Waals surface area contributed by atoms with Gasteiger partial charge in [-0.1, -0.05) is 249 Å². The fourth-order valence-corrected chi connectivity index (χ4v) is 16.3. The average molecular weight is 1300 g/mol. The number of nitrogens with zero attached hydrogens (tertiary/aromatic N) is 6. The van der Waals surface area contributed by atoms with Gasteiger partial charge in [-0.15, -0.1) is 0 Å². The first-order valence-corrected chi connectivity index (χ1v) is 34.7. The van der Waals surface area contributed by atoms with Gasteiger partial charge in [0.1, 0.15) is 6.07 Å². The van der Waals surface area contributed by atoms with Crippen molar-refractivity contribution >= 4 is 87.2 Å². The summed E-state index contributed by atoms with van der Waals surface area (Å²) < 4.78 is 9.76. The van der Waals surface area contributed by atoms with E-state index in [4.69, 9.17) is 4.98 Å². The molecule has 0 spiro atoms. The lowest BCUT2D eigenvalue weighted by molar-refractivity contribution is 1.09. The first-order chi connectivity index (χ1) is 50.6. The van der Waals surface area contributed by atoms with Crippen LogP contribution in [0.3, 0.4) is 0 Å². The first kappa shape index (κ1) is 58.3. The lowest BCUT2D eigenvalue weighted by atomic mass is 9.84. The molecular weight excluding hydrogens is 1240 g/mol. The monoisotopic (exact) mass is 1300 g/mol. The zero-order valence-electron chi connectivity index (χ0n) is 55.3. The minimum Gasteiger partial charge on any atom is -0.309 e. The molecule has 0 aliphatic heterocycles. The second-order valence-electron chi connectivity index (χ2n) is 26.4. The molecule has 0 atom stereocenters. The third-order valence-electron chi connectivity index (χ3n) is 20.9. The van der Waals surface area contributed by atoms with Crippen molar-refractivity contribution in [1.82, 2.24) is 23.3 Å². The number of fused-ring (bicyclic) bond motifs is 12. The lowest BCUT2D eigenvalue weighted by Gasteiger charge is -2.28. The van der Waals surface area contributed by atoms with Gasteiger partial charge in [0.15, 0.2) is 0 Å². The van der Waals surface area contributed by atoms with Crippen molar-refractivity contribution in [2.75, 3.05) is 0 Å². The molecule has 6 heteroatoms. The van der Waals surface area contributed by atoms with Gasteiger partial charge in [0.05, 0.1) is 66.8 Å². The molecule has 0 radical (unpaired) electrons. The quantitative estimate of drug-likeness (QED) is 0.130. The SMILES string of the molecule is N#Cc1c(-c2ccccn2)c(-c2ccc(-n3c4ccccc4c4ccccc43)cc2)c(-n2c3ccc(-c4ccccc4)cc3c3cc(-c4ccccc4)ccc32)c(-n2c3ccc(-c4ccccc4)cc3c3cc(-c4ccccc4)ccc32)c1-c1ccc(-n2c3ccccc3c3ccccc32)cc1. The molecule has 0 saturated heterocycles. The van der Waals surface area contributed by atoms with Crippen LogP contribution < -0.4 is 0 Å². The van der Waals surface area contributed by atoms with E-state index < -0.39 is 0 Å². The molecule has 0 aliphatic rings. The normalized spacial score (nSPS) is 11.7. The maximum Gasteiger partial charge on any atom is 0.101 e. The molecule has 15 aromatic carbocycles. The summed E-state index contributed by atoms with van der Waals surface area (Å²) in [5, 5.41) is 22.0. The predicted molar refractivity (Wildman–Crippen MR) is 424 cm³/mol. The number of aromatic nitrogens is 5. The van der Waals surface area contributed by atoms with Gasteiger partial charge in [-0.2, -0.15) is 5.26 Å². The summed E-state index contributed by atoms with van der Waals surface area (Å²) in [7, 11) is 0. The summed E-state index contributed by atoms with van der Waals surface area (Å²) in [4.78, 5) is 5.34. The third-order valence-corrected chi connectivity index (χ3v) is 20.9. The van der Waals surface area contributed by atoms with Crippen molar-refractivity contribution in [1.29, 1.82) is 5.26 Å². The largest absolute Gasteiger partial charge is 0.309 e. The summed E-state index contributed by atoms with van der Waals surface area (Å²) in [6.07, 6.45) is 1.86. The van der Waals surface area contributed by atoms with Crippen LogP contribution in [0.5, 0.6) is 0 Å². The summed E-state index contributed by atoms with van der Waals surface area (Å²) in [5.41, 5.74) is 26.4. The topological polar surface area (TPSA) is 56.4 Å². The number of rotatable bonds is 11. The third kappa shape index (κ3) is 9.23. The zero-order chi connectivity index (χ0) is 67.4. The van der Waals surface area contributed by atoms with Crippen molar-refractivity contribution in [2.45, 2.75) is 0 Å². The summed E-state index contributed by atoms with van der Waals surface area (Å²) in [6, 6.07) is 132. The van der Waals surface area contributed by atoms with E-state index in [0.717, 1.165) is 161 Å². The van der Waals surface area contributed by atoms with E-state index >= 15 is 0 Å². The highest BCUT2D eigenvalue weighted by Crippen LogP contribution is 2.53. The number of pyridine rings is 1. The fraction of sp³-hybridized carbons (Fsp3) is 0. The Balaban J connectivity index is 0.986.